The summed E-state index contributed by atoms with van der Waals surface area (Å²) in [4.78, 5) is 81.8. The highest BCUT2D eigenvalue weighted by atomic mass is 35.5. The second-order valence-corrected chi connectivity index (χ2v) is 12.1. The first-order valence-electron chi connectivity index (χ1n) is 13.7. The minimum Gasteiger partial charge on any atom is -0.353 e. The second kappa shape index (κ2) is 14.0. The van der Waals surface area contributed by atoms with Crippen LogP contribution in [0.4, 0.5) is 5.69 Å². The number of ketones is 1. The largest absolute Gasteiger partial charge is 0.353 e. The first-order chi connectivity index (χ1) is 20.0. The smallest absolute Gasteiger partial charge is 0.287 e. The monoisotopic (exact) mass is 619 g/mol. The van der Waals surface area contributed by atoms with Gasteiger partial charge in [0.2, 0.25) is 17.6 Å². The number of likely N-dealkylation sites (N-methyl/N-ethyl adjacent to an activating group) is 1. The average Bonchev–Trinajstić information content (AvgIpc) is 3.41. The molecule has 4 rings (SSSR count). The first kappa shape index (κ1) is 31.3. The number of amides is 4. The van der Waals surface area contributed by atoms with Crippen molar-refractivity contribution in [1.29, 1.82) is 0 Å². The van der Waals surface area contributed by atoms with E-state index >= 15 is 0 Å². The molecule has 2 aromatic rings. The minimum absolute atomic E-state index is 0.0270. The number of thiazole rings is 1. The lowest BCUT2D eigenvalue weighted by Crippen LogP contribution is -2.57. The van der Waals surface area contributed by atoms with Gasteiger partial charge in [0.05, 0.1) is 6.17 Å². The summed E-state index contributed by atoms with van der Waals surface area (Å²) in [6.45, 7) is 0.680. The molecule has 1 aliphatic heterocycles. The van der Waals surface area contributed by atoms with Gasteiger partial charge in [-0.3, -0.25) is 33.7 Å². The standard InChI is InChI=1S/C27H34ClN7O6S/c1-29-25(40)20(36)9-8-17(30-24(39)19-14-42-27(28)32-19)23(38)31-18-7-4-10-35(26(18)41)13-21(37)33-22-16-6-3-5-15(11-16)12-34(22)2/h4,7,10,14-17,22H,3,5-6,8-9,11-13H2,1-2H3,(H,29,40)(H,30,39)(H,31,38)(H,33,37). The molecule has 0 spiro atoms. The molecule has 2 aliphatic rings. The molecule has 4 unspecified atom stereocenters. The molecule has 2 bridgehead atoms. The molecule has 3 heterocycles. The molecule has 0 radical (unpaired) electrons. The number of aromatic nitrogens is 2. The number of rotatable bonds is 11. The highest BCUT2D eigenvalue weighted by molar-refractivity contribution is 7.14. The maximum absolute atomic E-state index is 13.2. The number of anilines is 1. The van der Waals surface area contributed by atoms with Crippen molar-refractivity contribution < 1.29 is 24.0 Å². The molecule has 226 valence electrons. The van der Waals surface area contributed by atoms with Gasteiger partial charge in [0.25, 0.3) is 17.4 Å². The highest BCUT2D eigenvalue weighted by Crippen LogP contribution is 2.36. The van der Waals surface area contributed by atoms with Gasteiger partial charge in [-0.1, -0.05) is 18.0 Å². The molecule has 15 heteroatoms. The molecule has 2 fully saturated rings. The number of nitrogens with zero attached hydrogens (tertiary/aromatic N) is 3. The number of hydrogen-bond donors (Lipinski definition) is 4. The number of carbonyl (C=O) groups excluding carboxylic acids is 5. The zero-order valence-electron chi connectivity index (χ0n) is 23.4. The Hall–Kier alpha value is -3.62. The van der Waals surface area contributed by atoms with Gasteiger partial charge in [0, 0.05) is 31.6 Å². The fraction of sp³-hybridized carbons (Fsp3) is 0.519. The predicted molar refractivity (Wildman–Crippen MR) is 156 cm³/mol. The number of halogens is 1. The number of fused-ring (bicyclic) bond motifs is 2. The third kappa shape index (κ3) is 7.81. The van der Waals surface area contributed by atoms with Crippen molar-refractivity contribution in [2.24, 2.45) is 11.8 Å². The van der Waals surface area contributed by atoms with Gasteiger partial charge < -0.3 is 25.8 Å². The molecule has 4 amide bonds. The van der Waals surface area contributed by atoms with Crippen molar-refractivity contribution in [1.82, 2.24) is 30.4 Å². The van der Waals surface area contributed by atoms with E-state index in [2.05, 4.69) is 31.2 Å². The van der Waals surface area contributed by atoms with Crippen LogP contribution < -0.4 is 26.8 Å². The van der Waals surface area contributed by atoms with Gasteiger partial charge in [0.1, 0.15) is 24.0 Å². The fourth-order valence-corrected chi connectivity index (χ4v) is 6.37. The number of carbonyl (C=O) groups is 5. The maximum Gasteiger partial charge on any atom is 0.287 e. The molecule has 1 aliphatic carbocycles. The Labute approximate surface area is 251 Å². The summed E-state index contributed by atoms with van der Waals surface area (Å²) in [6, 6.07) is 1.60. The lowest BCUT2D eigenvalue weighted by atomic mass is 9.76. The first-order valence-corrected chi connectivity index (χ1v) is 15.0. The van der Waals surface area contributed by atoms with Crippen molar-refractivity contribution in [3.63, 3.8) is 0 Å². The highest BCUT2D eigenvalue weighted by Gasteiger charge is 2.37. The summed E-state index contributed by atoms with van der Waals surface area (Å²) in [5.74, 6) is -2.41. The Balaban J connectivity index is 1.43. The minimum atomic E-state index is -1.29. The number of Topliss-reactive ketones (excluding diaryl/α,β-unsaturated/α-hetero) is 1. The Morgan fingerprint density at radius 3 is 2.71 bits per heavy atom. The van der Waals surface area contributed by atoms with Crippen LogP contribution in [0.1, 0.15) is 49.0 Å². The molecular formula is C27H34ClN7O6S. The van der Waals surface area contributed by atoms with Gasteiger partial charge in [0.15, 0.2) is 4.47 Å². The van der Waals surface area contributed by atoms with Crippen LogP contribution in [0, 0.1) is 11.8 Å². The van der Waals surface area contributed by atoms with Crippen molar-refractivity contribution >= 4 is 58.0 Å². The SMILES string of the molecule is CNC(=O)C(=O)CCC(NC(=O)c1csc(Cl)n1)C(=O)Nc1cccn(CC(=O)NC2C3CCCC(C3)CN2C)c1=O. The van der Waals surface area contributed by atoms with Gasteiger partial charge >= 0.3 is 0 Å². The third-order valence-corrected chi connectivity index (χ3v) is 8.64. The lowest BCUT2D eigenvalue weighted by molar-refractivity contribution is -0.137. The van der Waals surface area contributed by atoms with E-state index in [1.165, 1.54) is 41.7 Å². The number of pyridine rings is 1. The van der Waals surface area contributed by atoms with Crippen LogP contribution in [0.5, 0.6) is 0 Å². The zero-order valence-corrected chi connectivity index (χ0v) is 24.9. The van der Waals surface area contributed by atoms with Crippen LogP contribution >= 0.6 is 22.9 Å². The Bertz CT molecular complexity index is 1410. The molecule has 2 aromatic heterocycles. The van der Waals surface area contributed by atoms with Crippen molar-refractivity contribution in [3.05, 3.63) is 44.2 Å². The van der Waals surface area contributed by atoms with Crippen molar-refractivity contribution in [2.75, 3.05) is 26.0 Å². The molecule has 0 aromatic carbocycles. The lowest BCUT2D eigenvalue weighted by Gasteiger charge is -2.46. The maximum atomic E-state index is 13.2. The van der Waals surface area contributed by atoms with Crippen LogP contribution in [0.15, 0.2) is 28.5 Å². The molecule has 4 atom stereocenters. The molecular weight excluding hydrogens is 586 g/mol. The topological polar surface area (TPSA) is 172 Å². The van der Waals surface area contributed by atoms with E-state index in [0.717, 1.165) is 37.1 Å². The normalized spacial score (nSPS) is 20.7. The predicted octanol–water partition coefficient (Wildman–Crippen LogP) is 0.985. The van der Waals surface area contributed by atoms with Crippen molar-refractivity contribution in [2.45, 2.75) is 57.3 Å². The van der Waals surface area contributed by atoms with E-state index in [1.54, 1.807) is 0 Å². The van der Waals surface area contributed by atoms with E-state index in [4.69, 9.17) is 11.6 Å². The van der Waals surface area contributed by atoms with Gasteiger partial charge in [-0.15, -0.1) is 11.3 Å². The Morgan fingerprint density at radius 1 is 1.21 bits per heavy atom. The number of nitrogens with one attached hydrogen (secondary N) is 4. The molecule has 42 heavy (non-hydrogen) atoms. The second-order valence-electron chi connectivity index (χ2n) is 10.6. The van der Waals surface area contributed by atoms with Crippen LogP contribution in [-0.4, -0.2) is 76.7 Å². The van der Waals surface area contributed by atoms with E-state index in [1.807, 2.05) is 7.05 Å². The Morgan fingerprint density at radius 2 is 2.00 bits per heavy atom. The number of likely N-dealkylation sites (tertiary alicyclic amines) is 1. The van der Waals surface area contributed by atoms with E-state index in [0.29, 0.717) is 11.8 Å². The zero-order chi connectivity index (χ0) is 30.4. The molecule has 13 nitrogen and oxygen atoms in total. The molecule has 1 saturated carbocycles. The van der Waals surface area contributed by atoms with Crippen LogP contribution in [0.2, 0.25) is 4.47 Å². The van der Waals surface area contributed by atoms with E-state index < -0.39 is 35.1 Å². The average molecular weight is 620 g/mol. The fourth-order valence-electron chi connectivity index (χ4n) is 5.62. The van der Waals surface area contributed by atoms with Crippen LogP contribution in [0.25, 0.3) is 0 Å². The van der Waals surface area contributed by atoms with Crippen LogP contribution in [0.3, 0.4) is 0 Å². The summed E-state index contributed by atoms with van der Waals surface area (Å²) in [5, 5.41) is 11.7. The van der Waals surface area contributed by atoms with Crippen molar-refractivity contribution in [3.8, 4) is 0 Å². The van der Waals surface area contributed by atoms with Gasteiger partial charge in [-0.25, -0.2) is 4.98 Å². The summed E-state index contributed by atoms with van der Waals surface area (Å²) in [6.07, 6.45) is 5.29. The number of hydrogen-bond acceptors (Lipinski definition) is 9. The summed E-state index contributed by atoms with van der Waals surface area (Å²) in [5.41, 5.74) is -0.761. The Kier molecular flexibility index (Phi) is 10.5. The van der Waals surface area contributed by atoms with E-state index in [9.17, 15) is 28.8 Å². The van der Waals surface area contributed by atoms with Crippen LogP contribution in [-0.2, 0) is 25.7 Å². The summed E-state index contributed by atoms with van der Waals surface area (Å²) < 4.78 is 1.32. The summed E-state index contributed by atoms with van der Waals surface area (Å²) in [7, 11) is 3.30. The molecule has 1 saturated heterocycles. The molecule has 4 N–H and O–H groups in total. The van der Waals surface area contributed by atoms with Gasteiger partial charge in [-0.05, 0) is 56.7 Å². The third-order valence-electron chi connectivity index (χ3n) is 7.66. The number of piperidine rings is 1. The van der Waals surface area contributed by atoms with Gasteiger partial charge in [-0.2, -0.15) is 0 Å². The quantitative estimate of drug-likeness (QED) is 0.270. The summed E-state index contributed by atoms with van der Waals surface area (Å²) >= 11 is 6.83. The van der Waals surface area contributed by atoms with E-state index in [-0.39, 0.29) is 47.3 Å².